The molecule has 2 unspecified atom stereocenters. The molecule has 0 spiro atoms. The zero-order chi connectivity index (χ0) is 14.7. The Hall–Kier alpha value is -1.10. The zero-order valence-corrected chi connectivity index (χ0v) is 12.7. The molecule has 2 saturated heterocycles. The van der Waals surface area contributed by atoms with E-state index in [0.717, 1.165) is 26.1 Å². The van der Waals surface area contributed by atoms with Crippen molar-refractivity contribution in [3.8, 4) is 0 Å². The molecule has 20 heavy (non-hydrogen) atoms. The molecule has 2 aliphatic rings. The molecule has 2 rings (SSSR count). The van der Waals surface area contributed by atoms with Crippen LogP contribution in [0.25, 0.3) is 0 Å². The lowest BCUT2D eigenvalue weighted by Gasteiger charge is -2.42. The minimum atomic E-state index is -0.350. The predicted octanol–water partition coefficient (Wildman–Crippen LogP) is 1.17. The highest BCUT2D eigenvalue weighted by atomic mass is 16.5. The van der Waals surface area contributed by atoms with Crippen LogP contribution in [-0.4, -0.2) is 48.6 Å². The molecule has 0 aliphatic carbocycles. The Balaban J connectivity index is 2.13. The van der Waals surface area contributed by atoms with Crippen LogP contribution in [0.5, 0.6) is 0 Å². The van der Waals surface area contributed by atoms with Gasteiger partial charge < -0.3 is 15.0 Å². The third-order valence-corrected chi connectivity index (χ3v) is 4.34. The van der Waals surface area contributed by atoms with Gasteiger partial charge in [-0.05, 0) is 31.1 Å². The molecule has 0 aromatic carbocycles. The molecule has 0 aromatic rings. The Labute approximate surface area is 121 Å². The monoisotopic (exact) mass is 282 g/mol. The van der Waals surface area contributed by atoms with Crippen LogP contribution in [0.2, 0.25) is 0 Å². The second-order valence-electron chi connectivity index (χ2n) is 6.20. The highest BCUT2D eigenvalue weighted by molar-refractivity contribution is 5.97. The van der Waals surface area contributed by atoms with E-state index in [1.165, 1.54) is 0 Å². The van der Waals surface area contributed by atoms with Crippen molar-refractivity contribution in [2.24, 2.45) is 11.8 Å². The fraction of sp³-hybridized carbons (Fsp3) is 0.867. The number of hydrogen-bond donors (Lipinski definition) is 1. The summed E-state index contributed by atoms with van der Waals surface area (Å²) in [4.78, 5) is 26.7. The van der Waals surface area contributed by atoms with Crippen LogP contribution in [0.4, 0.5) is 0 Å². The fourth-order valence-electron chi connectivity index (χ4n) is 3.15. The SMILES string of the molecule is CCC1NC(=O)C(C(C)C)N(CC2CCOCC2)C1=O. The number of piperazine rings is 1. The molecule has 2 amide bonds. The van der Waals surface area contributed by atoms with E-state index < -0.39 is 0 Å². The van der Waals surface area contributed by atoms with E-state index >= 15 is 0 Å². The number of rotatable bonds is 4. The van der Waals surface area contributed by atoms with Gasteiger partial charge >= 0.3 is 0 Å². The lowest BCUT2D eigenvalue weighted by Crippen LogP contribution is -2.65. The van der Waals surface area contributed by atoms with Gasteiger partial charge in [0, 0.05) is 19.8 Å². The van der Waals surface area contributed by atoms with Gasteiger partial charge in [-0.1, -0.05) is 20.8 Å². The Morgan fingerprint density at radius 1 is 1.30 bits per heavy atom. The van der Waals surface area contributed by atoms with E-state index in [-0.39, 0.29) is 29.8 Å². The third kappa shape index (κ3) is 3.14. The van der Waals surface area contributed by atoms with Gasteiger partial charge in [-0.2, -0.15) is 0 Å². The fourth-order valence-corrected chi connectivity index (χ4v) is 3.15. The standard InChI is InChI=1S/C15H26N2O3/c1-4-12-15(19)17(9-11-5-7-20-8-6-11)13(10(2)3)14(18)16-12/h10-13H,4-9H2,1-3H3,(H,16,18). The van der Waals surface area contributed by atoms with Gasteiger partial charge in [-0.3, -0.25) is 9.59 Å². The van der Waals surface area contributed by atoms with E-state index in [4.69, 9.17) is 4.74 Å². The van der Waals surface area contributed by atoms with Crippen molar-refractivity contribution in [1.29, 1.82) is 0 Å². The van der Waals surface area contributed by atoms with Gasteiger partial charge in [0.2, 0.25) is 11.8 Å². The Morgan fingerprint density at radius 2 is 1.95 bits per heavy atom. The van der Waals surface area contributed by atoms with Crippen LogP contribution >= 0.6 is 0 Å². The average molecular weight is 282 g/mol. The number of amides is 2. The minimum absolute atomic E-state index is 0.00138. The first kappa shape index (κ1) is 15.3. The highest BCUT2D eigenvalue weighted by Gasteiger charge is 2.41. The van der Waals surface area contributed by atoms with Crippen LogP contribution < -0.4 is 5.32 Å². The highest BCUT2D eigenvalue weighted by Crippen LogP contribution is 2.23. The van der Waals surface area contributed by atoms with Gasteiger partial charge in [0.05, 0.1) is 0 Å². The summed E-state index contributed by atoms with van der Waals surface area (Å²) < 4.78 is 5.37. The van der Waals surface area contributed by atoms with Gasteiger partial charge in [-0.15, -0.1) is 0 Å². The molecule has 2 heterocycles. The molecule has 5 nitrogen and oxygen atoms in total. The van der Waals surface area contributed by atoms with E-state index in [9.17, 15) is 9.59 Å². The van der Waals surface area contributed by atoms with Crippen molar-refractivity contribution < 1.29 is 14.3 Å². The number of carbonyl (C=O) groups excluding carboxylic acids is 2. The van der Waals surface area contributed by atoms with E-state index in [0.29, 0.717) is 18.9 Å². The van der Waals surface area contributed by atoms with Gasteiger partial charge in [0.1, 0.15) is 12.1 Å². The van der Waals surface area contributed by atoms with E-state index in [1.807, 2.05) is 25.7 Å². The van der Waals surface area contributed by atoms with Crippen LogP contribution in [0, 0.1) is 11.8 Å². The first-order chi connectivity index (χ1) is 9.54. The Bertz CT molecular complexity index is 364. The normalized spacial score (nSPS) is 28.9. The Morgan fingerprint density at radius 3 is 2.50 bits per heavy atom. The van der Waals surface area contributed by atoms with Crippen LogP contribution in [0.15, 0.2) is 0 Å². The van der Waals surface area contributed by atoms with Crippen LogP contribution in [0.3, 0.4) is 0 Å². The van der Waals surface area contributed by atoms with Crippen molar-refractivity contribution in [2.75, 3.05) is 19.8 Å². The molecule has 5 heteroatoms. The maximum atomic E-state index is 12.6. The minimum Gasteiger partial charge on any atom is -0.381 e. The molecule has 0 radical (unpaired) electrons. The molecular formula is C15H26N2O3. The molecule has 0 aromatic heterocycles. The Kier molecular flexibility index (Phi) is 5.02. The summed E-state index contributed by atoms with van der Waals surface area (Å²) in [6.07, 6.45) is 2.61. The second-order valence-corrected chi connectivity index (χ2v) is 6.20. The largest absolute Gasteiger partial charge is 0.381 e. The molecule has 1 N–H and O–H groups in total. The lowest BCUT2D eigenvalue weighted by atomic mass is 9.92. The molecule has 2 atom stereocenters. The summed E-state index contributed by atoms with van der Waals surface area (Å²) in [5.74, 6) is 0.671. The predicted molar refractivity (Wildman–Crippen MR) is 76.1 cm³/mol. The number of nitrogens with zero attached hydrogens (tertiary/aromatic N) is 1. The van der Waals surface area contributed by atoms with E-state index in [1.54, 1.807) is 0 Å². The van der Waals surface area contributed by atoms with Gasteiger partial charge in [0.15, 0.2) is 0 Å². The summed E-state index contributed by atoms with van der Waals surface area (Å²) in [6.45, 7) is 8.16. The zero-order valence-electron chi connectivity index (χ0n) is 12.7. The topological polar surface area (TPSA) is 58.6 Å². The molecule has 0 saturated carbocycles. The molecule has 2 aliphatic heterocycles. The van der Waals surface area contributed by atoms with Crippen molar-refractivity contribution in [3.63, 3.8) is 0 Å². The van der Waals surface area contributed by atoms with Crippen molar-refractivity contribution in [1.82, 2.24) is 10.2 Å². The summed E-state index contributed by atoms with van der Waals surface area (Å²) in [7, 11) is 0. The summed E-state index contributed by atoms with van der Waals surface area (Å²) in [6, 6.07) is -0.675. The third-order valence-electron chi connectivity index (χ3n) is 4.34. The maximum absolute atomic E-state index is 12.6. The average Bonchev–Trinajstić information content (AvgIpc) is 2.43. The van der Waals surface area contributed by atoms with Crippen LogP contribution in [-0.2, 0) is 14.3 Å². The quantitative estimate of drug-likeness (QED) is 0.842. The van der Waals surface area contributed by atoms with Gasteiger partial charge in [-0.25, -0.2) is 0 Å². The van der Waals surface area contributed by atoms with Crippen LogP contribution in [0.1, 0.15) is 40.0 Å². The lowest BCUT2D eigenvalue weighted by molar-refractivity contribution is -0.152. The number of carbonyl (C=O) groups is 2. The number of hydrogen-bond acceptors (Lipinski definition) is 3. The van der Waals surface area contributed by atoms with Crippen molar-refractivity contribution in [3.05, 3.63) is 0 Å². The first-order valence-electron chi connectivity index (χ1n) is 7.73. The molecule has 114 valence electrons. The molecule has 2 fully saturated rings. The summed E-state index contributed by atoms with van der Waals surface area (Å²) >= 11 is 0. The molecule has 0 bridgehead atoms. The maximum Gasteiger partial charge on any atom is 0.245 e. The number of nitrogens with one attached hydrogen (secondary N) is 1. The molecular weight excluding hydrogens is 256 g/mol. The smallest absolute Gasteiger partial charge is 0.245 e. The number of ether oxygens (including phenoxy) is 1. The van der Waals surface area contributed by atoms with Crippen molar-refractivity contribution in [2.45, 2.75) is 52.1 Å². The van der Waals surface area contributed by atoms with Gasteiger partial charge in [0.25, 0.3) is 0 Å². The van der Waals surface area contributed by atoms with Crippen molar-refractivity contribution >= 4 is 11.8 Å². The second kappa shape index (κ2) is 6.57. The first-order valence-corrected chi connectivity index (χ1v) is 7.73. The van der Waals surface area contributed by atoms with E-state index in [2.05, 4.69) is 5.32 Å². The summed E-state index contributed by atoms with van der Waals surface area (Å²) in [5, 5.41) is 2.86. The summed E-state index contributed by atoms with van der Waals surface area (Å²) in [5.41, 5.74) is 0.